The molecular formula is C45H50N5O7PS. The lowest BCUT2D eigenvalue weighted by Gasteiger charge is -2.35. The maximum atomic E-state index is 14.5. The Balaban J connectivity index is 0.965. The van der Waals surface area contributed by atoms with Gasteiger partial charge in [-0.25, -0.2) is 5.09 Å². The lowest BCUT2D eigenvalue weighted by atomic mass is 9.85. The highest BCUT2D eigenvalue weighted by Gasteiger charge is 2.64. The number of rotatable bonds is 13. The molecule has 3 amide bonds. The van der Waals surface area contributed by atoms with Gasteiger partial charge in [0.05, 0.1) is 35.2 Å². The van der Waals surface area contributed by atoms with Crippen LogP contribution < -0.4 is 14.9 Å². The Bertz CT molecular complexity index is 2310. The summed E-state index contributed by atoms with van der Waals surface area (Å²) in [5.41, 5.74) is 1.25. The minimum Gasteiger partial charge on any atom is -0.465 e. The number of hydrogen-bond donors (Lipinski definition) is 2. The summed E-state index contributed by atoms with van der Waals surface area (Å²) < 4.78 is 26.5. The van der Waals surface area contributed by atoms with E-state index in [9.17, 15) is 29.0 Å². The molecule has 0 bridgehead atoms. The van der Waals surface area contributed by atoms with Gasteiger partial charge in [-0.3, -0.25) is 23.7 Å². The van der Waals surface area contributed by atoms with Gasteiger partial charge in [-0.15, -0.1) is 11.3 Å². The highest BCUT2D eigenvalue weighted by atomic mass is 32.1. The van der Waals surface area contributed by atoms with Crippen molar-refractivity contribution in [2.45, 2.75) is 107 Å². The molecule has 8 rings (SSSR count). The van der Waals surface area contributed by atoms with E-state index in [2.05, 4.69) is 16.5 Å². The fourth-order valence-corrected chi connectivity index (χ4v) is 12.4. The number of thiophene rings is 1. The lowest BCUT2D eigenvalue weighted by molar-refractivity contribution is -0.147. The second-order valence-electron chi connectivity index (χ2n) is 16.4. The molecule has 1 aromatic heterocycles. The van der Waals surface area contributed by atoms with Gasteiger partial charge in [0.25, 0.3) is 5.91 Å². The van der Waals surface area contributed by atoms with Crippen LogP contribution in [0, 0.1) is 17.2 Å². The number of esters is 1. The average Bonchev–Trinajstić information content (AvgIpc) is 3.61. The number of likely N-dealkylation sites (tertiary alicyclic amines) is 1. The van der Waals surface area contributed by atoms with Crippen molar-refractivity contribution in [3.8, 4) is 11.8 Å². The molecule has 4 heterocycles. The van der Waals surface area contributed by atoms with Gasteiger partial charge in [0.15, 0.2) is 0 Å². The van der Waals surface area contributed by atoms with E-state index in [1.54, 1.807) is 42.2 Å². The zero-order valence-electron chi connectivity index (χ0n) is 33.4. The second kappa shape index (κ2) is 16.9. The number of hydrogen-bond acceptors (Lipinski definition) is 9. The summed E-state index contributed by atoms with van der Waals surface area (Å²) in [7, 11) is -3.70. The Morgan fingerprint density at radius 2 is 1.75 bits per heavy atom. The zero-order chi connectivity index (χ0) is 41.3. The number of ether oxygens (including phenoxy) is 1. The molecule has 3 saturated heterocycles. The topological polar surface area (TPSA) is 158 Å². The van der Waals surface area contributed by atoms with Crippen LogP contribution in [0.25, 0.3) is 10.1 Å². The molecule has 4 aliphatic rings. The number of carbonyl (C=O) groups is 4. The van der Waals surface area contributed by atoms with E-state index in [0.717, 1.165) is 47.8 Å². The second-order valence-corrected chi connectivity index (χ2v) is 19.6. The molecule has 4 aromatic rings. The third-order valence-electron chi connectivity index (χ3n) is 12.4. The highest BCUT2D eigenvalue weighted by molar-refractivity contribution is 7.56. The summed E-state index contributed by atoms with van der Waals surface area (Å²) in [4.78, 5) is 59.5. The minimum atomic E-state index is -3.70. The molecule has 0 radical (unpaired) electrons. The van der Waals surface area contributed by atoms with Crippen LogP contribution in [0.3, 0.4) is 0 Å². The van der Waals surface area contributed by atoms with Gasteiger partial charge in [-0.05, 0) is 105 Å². The number of benzene rings is 3. The van der Waals surface area contributed by atoms with Crippen molar-refractivity contribution in [1.82, 2.24) is 20.2 Å². The summed E-state index contributed by atoms with van der Waals surface area (Å²) in [6.07, 6.45) is 5.47. The first-order valence-electron chi connectivity index (χ1n) is 20.7. The van der Waals surface area contributed by atoms with Crippen LogP contribution in [-0.4, -0.2) is 76.3 Å². The molecule has 3 aliphatic heterocycles. The molecule has 1 spiro atoms. The highest BCUT2D eigenvalue weighted by Crippen LogP contribution is 2.58. The Hall–Kier alpha value is -5.02. The molecule has 12 nitrogen and oxygen atoms in total. The van der Waals surface area contributed by atoms with Crippen LogP contribution in [0.2, 0.25) is 0 Å². The van der Waals surface area contributed by atoms with Gasteiger partial charge in [-0.1, -0.05) is 61.5 Å². The fourth-order valence-electron chi connectivity index (χ4n) is 9.37. The van der Waals surface area contributed by atoms with E-state index in [1.807, 2.05) is 66.4 Å². The Morgan fingerprint density at radius 3 is 2.46 bits per heavy atom. The van der Waals surface area contributed by atoms with Crippen molar-refractivity contribution < 1.29 is 33.0 Å². The number of carbonyl (C=O) groups excluding carboxylic acids is 4. The maximum absolute atomic E-state index is 14.5. The van der Waals surface area contributed by atoms with Crippen molar-refractivity contribution in [2.24, 2.45) is 5.92 Å². The zero-order valence-corrected chi connectivity index (χ0v) is 35.1. The van der Waals surface area contributed by atoms with Crippen LogP contribution in [0.5, 0.6) is 5.75 Å². The molecule has 3 aromatic carbocycles. The van der Waals surface area contributed by atoms with Crippen molar-refractivity contribution in [2.75, 3.05) is 13.2 Å². The molecule has 7 atom stereocenters. The van der Waals surface area contributed by atoms with Crippen LogP contribution in [-0.2, 0) is 29.8 Å². The predicted octanol–water partition coefficient (Wildman–Crippen LogP) is 7.54. The molecule has 14 heteroatoms. The smallest absolute Gasteiger partial charge is 0.323 e. The SMILES string of the molecule is CCCOC(=O)[C@H](C)NP(=O)(Cc1ccc2sc(C(=O)N[C@H]3CCC[C@H]4CC[C@@H](C(=O)N5C[C@@H](c6ccccc6)[C@H](C#N)C56CC6)N4C3=O)cc2c1)Oc1ccccc1. The number of nitriles is 1. The van der Waals surface area contributed by atoms with E-state index in [1.165, 1.54) is 11.3 Å². The Kier molecular flexibility index (Phi) is 11.7. The first-order valence-corrected chi connectivity index (χ1v) is 23.3. The summed E-state index contributed by atoms with van der Waals surface area (Å²) in [6.45, 7) is 4.21. The molecule has 1 unspecified atom stereocenters. The largest absolute Gasteiger partial charge is 0.465 e. The minimum absolute atomic E-state index is 0.0311. The van der Waals surface area contributed by atoms with Crippen molar-refractivity contribution in [1.29, 1.82) is 5.26 Å². The van der Waals surface area contributed by atoms with E-state index in [4.69, 9.17) is 9.26 Å². The summed E-state index contributed by atoms with van der Waals surface area (Å²) in [6, 6.07) is 26.2. The van der Waals surface area contributed by atoms with Crippen LogP contribution in [0.15, 0.2) is 84.9 Å². The molecule has 1 aliphatic carbocycles. The summed E-state index contributed by atoms with van der Waals surface area (Å²) >= 11 is 1.30. The fraction of sp³-hybridized carbons (Fsp3) is 0.444. The molecule has 4 fully saturated rings. The lowest BCUT2D eigenvalue weighted by Crippen LogP contribution is -2.56. The standard InChI is InChI=1S/C45H50N5O7PS/c1-3-23-56-44(54)29(2)48-58(55,57-34-14-8-5-9-15-34)28-30-17-20-39-32(24-30)25-40(59-39)41(51)47-37-16-10-13-33-18-19-38(50(33)42(37)52)43(53)49-27-35(31-11-6-4-7-12-31)36(26-46)45(49)21-22-45/h4-9,11-12,14-15,17,20,24-25,29,33,35-38H,3,10,13,16,18-19,21-23,27-28H2,1-2H3,(H,47,51)(H,48,55)/t29-,33-,35-,36-,37-,38-,58?/m0/s1. The van der Waals surface area contributed by atoms with Crippen molar-refractivity contribution in [3.63, 3.8) is 0 Å². The number of amides is 3. The van der Waals surface area contributed by atoms with Gasteiger partial charge in [0, 0.05) is 23.2 Å². The first kappa shape index (κ1) is 40.7. The van der Waals surface area contributed by atoms with Crippen LogP contribution in [0.1, 0.15) is 91.9 Å². The number of fused-ring (bicyclic) bond motifs is 2. The first-order chi connectivity index (χ1) is 28.5. The Morgan fingerprint density at radius 1 is 1.00 bits per heavy atom. The van der Waals surface area contributed by atoms with Gasteiger partial charge in [-0.2, -0.15) is 5.26 Å². The average molecular weight is 836 g/mol. The van der Waals surface area contributed by atoms with Gasteiger partial charge in [0.1, 0.15) is 23.9 Å². The maximum Gasteiger partial charge on any atom is 0.323 e. The summed E-state index contributed by atoms with van der Waals surface area (Å²) in [5, 5.41) is 17.0. The van der Waals surface area contributed by atoms with E-state index >= 15 is 0 Å². The third kappa shape index (κ3) is 8.28. The van der Waals surface area contributed by atoms with Crippen molar-refractivity contribution >= 4 is 52.6 Å². The molecule has 1 saturated carbocycles. The monoisotopic (exact) mass is 835 g/mol. The van der Waals surface area contributed by atoms with Gasteiger partial charge in [0.2, 0.25) is 11.8 Å². The van der Waals surface area contributed by atoms with Gasteiger partial charge >= 0.3 is 13.5 Å². The molecule has 308 valence electrons. The predicted molar refractivity (Wildman–Crippen MR) is 225 cm³/mol. The van der Waals surface area contributed by atoms with E-state index in [-0.39, 0.29) is 48.4 Å². The van der Waals surface area contributed by atoms with Crippen molar-refractivity contribution in [3.05, 3.63) is 101 Å². The molecule has 59 heavy (non-hydrogen) atoms. The molecule has 2 N–H and O–H groups in total. The van der Waals surface area contributed by atoms with E-state index < -0.39 is 37.2 Å². The normalized spacial score (nSPS) is 24.8. The Labute approximate surface area is 348 Å². The van der Waals surface area contributed by atoms with E-state index in [0.29, 0.717) is 42.0 Å². The summed E-state index contributed by atoms with van der Waals surface area (Å²) in [5.74, 6) is -1.19. The third-order valence-corrected chi connectivity index (χ3v) is 15.5. The van der Waals surface area contributed by atoms with Gasteiger partial charge < -0.3 is 24.4 Å². The number of para-hydroxylation sites is 1. The number of nitrogens with one attached hydrogen (secondary N) is 2. The molecular weight excluding hydrogens is 786 g/mol. The number of nitrogens with zero attached hydrogens (tertiary/aromatic N) is 3. The van der Waals surface area contributed by atoms with Crippen LogP contribution in [0.4, 0.5) is 0 Å². The van der Waals surface area contributed by atoms with Crippen LogP contribution >= 0.6 is 18.9 Å². The quantitative estimate of drug-likeness (QED) is 0.103.